The number of nitrogens with zero attached hydrogens (tertiary/aromatic N) is 1. The highest BCUT2D eigenvalue weighted by molar-refractivity contribution is 8.18. The Kier molecular flexibility index (Phi) is 3.90. The van der Waals surface area contributed by atoms with Crippen molar-refractivity contribution in [3.8, 4) is 0 Å². The van der Waals surface area contributed by atoms with Gasteiger partial charge in [0, 0.05) is 10.4 Å². The first-order chi connectivity index (χ1) is 10.1. The summed E-state index contributed by atoms with van der Waals surface area (Å²) in [4.78, 5) is 26.6. The van der Waals surface area contributed by atoms with Gasteiger partial charge in [-0.25, -0.2) is 4.39 Å². The molecular formula is C15H10FNO2S2. The van der Waals surface area contributed by atoms with Crippen molar-refractivity contribution >= 4 is 40.3 Å². The zero-order valence-electron chi connectivity index (χ0n) is 10.8. The van der Waals surface area contributed by atoms with Crippen molar-refractivity contribution in [2.45, 2.75) is 6.54 Å². The lowest BCUT2D eigenvalue weighted by Crippen LogP contribution is -2.27. The van der Waals surface area contributed by atoms with Crippen LogP contribution in [0.4, 0.5) is 9.18 Å². The van der Waals surface area contributed by atoms with E-state index < -0.39 is 5.82 Å². The van der Waals surface area contributed by atoms with Gasteiger partial charge in [-0.1, -0.05) is 24.3 Å². The molecule has 0 radical (unpaired) electrons. The largest absolute Gasteiger partial charge is 0.293 e. The zero-order valence-corrected chi connectivity index (χ0v) is 12.4. The highest BCUT2D eigenvalue weighted by Crippen LogP contribution is 2.34. The van der Waals surface area contributed by atoms with Crippen LogP contribution in [0, 0.1) is 5.82 Å². The molecule has 6 heteroatoms. The number of imide groups is 1. The maximum Gasteiger partial charge on any atom is 0.293 e. The fourth-order valence-electron chi connectivity index (χ4n) is 1.94. The number of benzene rings is 1. The average molecular weight is 319 g/mol. The summed E-state index contributed by atoms with van der Waals surface area (Å²) in [7, 11) is 0. The van der Waals surface area contributed by atoms with Gasteiger partial charge in [0.15, 0.2) is 0 Å². The minimum absolute atomic E-state index is 0.0425. The predicted octanol–water partition coefficient (Wildman–Crippen LogP) is 4.12. The molecule has 3 rings (SSSR count). The Morgan fingerprint density at radius 1 is 1.14 bits per heavy atom. The van der Waals surface area contributed by atoms with Gasteiger partial charge in [-0.3, -0.25) is 14.5 Å². The molecule has 0 unspecified atom stereocenters. The van der Waals surface area contributed by atoms with Crippen molar-refractivity contribution in [3.63, 3.8) is 0 Å². The summed E-state index contributed by atoms with van der Waals surface area (Å²) in [6.45, 7) is -0.0425. The molecule has 0 spiro atoms. The summed E-state index contributed by atoms with van der Waals surface area (Å²) < 4.78 is 13.6. The quantitative estimate of drug-likeness (QED) is 0.799. The Hall–Kier alpha value is -1.92. The number of thioether (sulfide) groups is 1. The standard InChI is InChI=1S/C15H10FNO2S2/c16-12-6-2-1-4-10(12)9-17-14(18)13(21-15(17)19)8-11-5-3-7-20-11/h1-8H,9H2. The van der Waals surface area contributed by atoms with Gasteiger partial charge in [0.1, 0.15) is 5.82 Å². The number of hydrogen-bond acceptors (Lipinski definition) is 4. The molecule has 0 atom stereocenters. The molecule has 1 saturated heterocycles. The van der Waals surface area contributed by atoms with Crippen molar-refractivity contribution < 1.29 is 14.0 Å². The van der Waals surface area contributed by atoms with E-state index in [9.17, 15) is 14.0 Å². The van der Waals surface area contributed by atoms with Crippen LogP contribution in [0.1, 0.15) is 10.4 Å². The molecule has 1 aromatic carbocycles. The number of carbonyl (C=O) groups is 2. The van der Waals surface area contributed by atoms with E-state index in [0.29, 0.717) is 10.5 Å². The van der Waals surface area contributed by atoms with Crippen LogP contribution in [0.2, 0.25) is 0 Å². The van der Waals surface area contributed by atoms with E-state index in [2.05, 4.69) is 0 Å². The zero-order chi connectivity index (χ0) is 14.8. The van der Waals surface area contributed by atoms with Crippen molar-refractivity contribution in [1.29, 1.82) is 0 Å². The summed E-state index contributed by atoms with van der Waals surface area (Å²) in [5.74, 6) is -0.791. The highest BCUT2D eigenvalue weighted by Gasteiger charge is 2.35. The third-order valence-corrected chi connectivity index (χ3v) is 4.70. The molecule has 1 aliphatic heterocycles. The van der Waals surface area contributed by atoms with E-state index in [1.807, 2.05) is 17.5 Å². The second-order valence-electron chi connectivity index (χ2n) is 4.37. The molecule has 106 valence electrons. The lowest BCUT2D eigenvalue weighted by atomic mass is 10.2. The first-order valence-corrected chi connectivity index (χ1v) is 7.87. The smallest absolute Gasteiger partial charge is 0.268 e. The number of thiophene rings is 1. The topological polar surface area (TPSA) is 37.4 Å². The Bertz CT molecular complexity index is 725. The number of halogens is 1. The molecule has 2 amide bonds. The van der Waals surface area contributed by atoms with Crippen LogP contribution in [-0.4, -0.2) is 16.0 Å². The van der Waals surface area contributed by atoms with Crippen LogP contribution < -0.4 is 0 Å². The van der Waals surface area contributed by atoms with Gasteiger partial charge in [0.2, 0.25) is 0 Å². The molecule has 1 aliphatic rings. The van der Waals surface area contributed by atoms with Crippen LogP contribution in [0.15, 0.2) is 46.7 Å². The summed E-state index contributed by atoms with van der Waals surface area (Å²) in [6.07, 6.45) is 1.69. The molecule has 3 nitrogen and oxygen atoms in total. The van der Waals surface area contributed by atoms with Crippen molar-refractivity contribution in [3.05, 3.63) is 62.9 Å². The minimum Gasteiger partial charge on any atom is -0.268 e. The van der Waals surface area contributed by atoms with Crippen molar-refractivity contribution in [1.82, 2.24) is 4.90 Å². The van der Waals surface area contributed by atoms with Crippen LogP contribution in [-0.2, 0) is 11.3 Å². The van der Waals surface area contributed by atoms with Crippen LogP contribution in [0.3, 0.4) is 0 Å². The van der Waals surface area contributed by atoms with Gasteiger partial charge >= 0.3 is 0 Å². The van der Waals surface area contributed by atoms with Crippen molar-refractivity contribution in [2.24, 2.45) is 0 Å². The molecule has 0 aliphatic carbocycles. The third kappa shape index (κ3) is 2.91. The maximum atomic E-state index is 13.6. The van der Waals surface area contributed by atoms with Gasteiger partial charge in [-0.2, -0.15) is 0 Å². The Morgan fingerprint density at radius 2 is 1.95 bits per heavy atom. The number of amides is 2. The predicted molar refractivity (Wildman–Crippen MR) is 82.2 cm³/mol. The molecular weight excluding hydrogens is 309 g/mol. The molecule has 2 heterocycles. The minimum atomic E-state index is -0.418. The van der Waals surface area contributed by atoms with Crippen LogP contribution in [0.5, 0.6) is 0 Å². The van der Waals surface area contributed by atoms with Gasteiger partial charge in [-0.15, -0.1) is 11.3 Å². The van der Waals surface area contributed by atoms with E-state index in [4.69, 9.17) is 0 Å². The fourth-order valence-corrected chi connectivity index (χ4v) is 3.50. The van der Waals surface area contributed by atoms with Gasteiger partial charge in [-0.05, 0) is 35.4 Å². The SMILES string of the molecule is O=C1SC(=Cc2cccs2)C(=O)N1Cc1ccccc1F. The highest BCUT2D eigenvalue weighted by atomic mass is 32.2. The molecule has 1 aromatic heterocycles. The van der Waals surface area contributed by atoms with E-state index in [0.717, 1.165) is 21.5 Å². The lowest BCUT2D eigenvalue weighted by molar-refractivity contribution is -0.123. The van der Waals surface area contributed by atoms with E-state index >= 15 is 0 Å². The molecule has 0 bridgehead atoms. The summed E-state index contributed by atoms with van der Waals surface area (Å²) in [5.41, 5.74) is 0.331. The third-order valence-electron chi connectivity index (χ3n) is 2.98. The first kappa shape index (κ1) is 14.0. The second-order valence-corrected chi connectivity index (χ2v) is 6.35. The fraction of sp³-hybridized carbons (Fsp3) is 0.0667. The van der Waals surface area contributed by atoms with Crippen molar-refractivity contribution in [2.75, 3.05) is 0 Å². The normalized spacial score (nSPS) is 17.0. The van der Waals surface area contributed by atoms with Gasteiger partial charge in [0.25, 0.3) is 11.1 Å². The number of carbonyl (C=O) groups excluding carboxylic acids is 2. The summed E-state index contributed by atoms with van der Waals surface area (Å²) >= 11 is 2.38. The summed E-state index contributed by atoms with van der Waals surface area (Å²) in [6, 6.07) is 9.88. The van der Waals surface area contributed by atoms with E-state index in [-0.39, 0.29) is 17.7 Å². The van der Waals surface area contributed by atoms with Gasteiger partial charge in [0.05, 0.1) is 11.4 Å². The first-order valence-electron chi connectivity index (χ1n) is 6.17. The monoisotopic (exact) mass is 319 g/mol. The number of rotatable bonds is 3. The molecule has 0 saturated carbocycles. The van der Waals surface area contributed by atoms with E-state index in [1.54, 1.807) is 24.3 Å². The van der Waals surface area contributed by atoms with Crippen LogP contribution >= 0.6 is 23.1 Å². The molecule has 0 N–H and O–H groups in total. The molecule has 1 fully saturated rings. The molecule has 21 heavy (non-hydrogen) atoms. The number of hydrogen-bond donors (Lipinski definition) is 0. The molecule has 2 aromatic rings. The lowest BCUT2D eigenvalue weighted by Gasteiger charge is -2.12. The average Bonchev–Trinajstić information content (AvgIpc) is 3.05. The van der Waals surface area contributed by atoms with Crippen LogP contribution in [0.25, 0.3) is 6.08 Å². The Labute approximate surface area is 129 Å². The Morgan fingerprint density at radius 3 is 2.67 bits per heavy atom. The van der Waals surface area contributed by atoms with Gasteiger partial charge < -0.3 is 0 Å². The maximum absolute atomic E-state index is 13.6. The summed E-state index contributed by atoms with van der Waals surface area (Å²) in [5, 5.41) is 1.53. The second kappa shape index (κ2) is 5.83. The van der Waals surface area contributed by atoms with E-state index in [1.165, 1.54) is 17.4 Å². The Balaban J connectivity index is 1.83.